The Balaban J connectivity index is 2.24. The first-order valence-corrected chi connectivity index (χ1v) is 7.06. The van der Waals surface area contributed by atoms with Crippen LogP contribution < -0.4 is 11.1 Å². The molecular formula is C19H18N4. The van der Waals surface area contributed by atoms with Gasteiger partial charge in [0, 0.05) is 12.2 Å². The van der Waals surface area contributed by atoms with Crippen molar-refractivity contribution in [3.8, 4) is 6.07 Å². The fraction of sp³-hybridized carbons (Fsp3) is 0.158. The Hall–Kier alpha value is -3.06. The Morgan fingerprint density at radius 2 is 2.00 bits per heavy atom. The normalized spacial score (nSPS) is 16.2. The Kier molecular flexibility index (Phi) is 2.73. The molecule has 0 aliphatic rings. The van der Waals surface area contributed by atoms with E-state index >= 15 is 0 Å². The lowest BCUT2D eigenvalue weighted by atomic mass is 10.0. The van der Waals surface area contributed by atoms with Crippen LogP contribution in [0.5, 0.6) is 0 Å². The first-order valence-electron chi connectivity index (χ1n) is 9.56. The quantitative estimate of drug-likeness (QED) is 0.755. The summed E-state index contributed by atoms with van der Waals surface area (Å²) in [5, 5.41) is 13.1. The van der Waals surface area contributed by atoms with Crippen molar-refractivity contribution in [3.05, 3.63) is 65.7 Å². The number of hydrogen-bond acceptors (Lipinski definition) is 4. The van der Waals surface area contributed by atoms with Gasteiger partial charge in [0.1, 0.15) is 17.5 Å². The molecule has 3 aromatic rings. The average Bonchev–Trinajstić information content (AvgIpc) is 2.65. The highest BCUT2D eigenvalue weighted by Crippen LogP contribution is 2.33. The molecule has 0 spiro atoms. The van der Waals surface area contributed by atoms with Gasteiger partial charge in [-0.05, 0) is 18.0 Å². The number of nitrogen functional groups attached to an aromatic ring is 1. The molecule has 0 aliphatic carbocycles. The standard InChI is InChI=1S/C19H18N4/c1-2-16(13-8-4-3-5-9-13)22-18-14-10-6-7-11-17(14)23-19(21)15(18)12-20/h3-11,16H,2H2,1H3,(H3,21,22,23)/i1D3,2D2. The van der Waals surface area contributed by atoms with Crippen LogP contribution in [0, 0.1) is 11.3 Å². The molecule has 1 unspecified atom stereocenters. The number of nitrogens with two attached hydrogens (primary N) is 1. The van der Waals surface area contributed by atoms with Crippen LogP contribution in [-0.2, 0) is 0 Å². The highest BCUT2D eigenvalue weighted by atomic mass is 14.9. The van der Waals surface area contributed by atoms with Crippen LogP contribution in [0.2, 0.25) is 0 Å². The summed E-state index contributed by atoms with van der Waals surface area (Å²) in [5.74, 6) is -0.00930. The van der Waals surface area contributed by atoms with E-state index in [9.17, 15) is 5.26 Å². The number of rotatable bonds is 4. The van der Waals surface area contributed by atoms with Crippen LogP contribution in [0.4, 0.5) is 11.5 Å². The molecule has 0 radical (unpaired) electrons. The zero-order valence-corrected chi connectivity index (χ0v) is 12.2. The summed E-state index contributed by atoms with van der Waals surface area (Å²) >= 11 is 0. The molecule has 0 amide bonds. The van der Waals surface area contributed by atoms with Crippen LogP contribution in [-0.4, -0.2) is 4.98 Å². The predicted octanol–water partition coefficient (Wildman–Crippen LogP) is 4.25. The number of hydrogen-bond donors (Lipinski definition) is 2. The summed E-state index contributed by atoms with van der Waals surface area (Å²) < 4.78 is 39.7. The summed E-state index contributed by atoms with van der Waals surface area (Å²) in [4.78, 5) is 4.21. The van der Waals surface area contributed by atoms with Gasteiger partial charge >= 0.3 is 0 Å². The van der Waals surface area contributed by atoms with Gasteiger partial charge in [0.25, 0.3) is 0 Å². The van der Waals surface area contributed by atoms with Crippen molar-refractivity contribution in [2.24, 2.45) is 0 Å². The van der Waals surface area contributed by atoms with E-state index < -0.39 is 19.3 Å². The number of nitriles is 1. The number of nitrogens with zero attached hydrogens (tertiary/aromatic N) is 2. The van der Waals surface area contributed by atoms with Crippen LogP contribution in [0.25, 0.3) is 10.9 Å². The maximum atomic E-state index is 9.59. The van der Waals surface area contributed by atoms with Crippen LogP contribution in [0.1, 0.15) is 37.2 Å². The number of fused-ring (bicyclic) bond motifs is 1. The largest absolute Gasteiger partial charge is 0.383 e. The van der Waals surface area contributed by atoms with Gasteiger partial charge in [0.2, 0.25) is 0 Å². The van der Waals surface area contributed by atoms with Crippen molar-refractivity contribution in [3.63, 3.8) is 0 Å². The third-order valence-electron chi connectivity index (χ3n) is 3.60. The average molecular weight is 307 g/mol. The van der Waals surface area contributed by atoms with E-state index in [1.54, 1.807) is 54.6 Å². The number of nitrogens with one attached hydrogen (secondary N) is 1. The van der Waals surface area contributed by atoms with Gasteiger partial charge < -0.3 is 11.1 Å². The molecule has 0 bridgehead atoms. The number of benzene rings is 2. The molecule has 4 nitrogen and oxygen atoms in total. The summed E-state index contributed by atoms with van der Waals surface area (Å²) in [6.07, 6.45) is -2.62. The molecule has 23 heavy (non-hydrogen) atoms. The lowest BCUT2D eigenvalue weighted by molar-refractivity contribution is 0.750. The van der Waals surface area contributed by atoms with Gasteiger partial charge in [0.05, 0.1) is 17.2 Å². The van der Waals surface area contributed by atoms with Crippen molar-refractivity contribution in [2.45, 2.75) is 19.3 Å². The van der Waals surface area contributed by atoms with Crippen molar-refractivity contribution >= 4 is 22.4 Å². The van der Waals surface area contributed by atoms with Crippen molar-refractivity contribution < 1.29 is 6.85 Å². The Morgan fingerprint density at radius 3 is 2.74 bits per heavy atom. The molecule has 0 fully saturated rings. The maximum Gasteiger partial charge on any atom is 0.144 e. The molecule has 0 saturated heterocycles. The third kappa shape index (κ3) is 2.82. The fourth-order valence-corrected chi connectivity index (χ4v) is 2.49. The van der Waals surface area contributed by atoms with Crippen molar-refractivity contribution in [1.82, 2.24) is 4.98 Å². The Labute approximate surface area is 142 Å². The first-order chi connectivity index (χ1) is 13.2. The molecule has 3 N–H and O–H groups in total. The van der Waals surface area contributed by atoms with E-state index in [1.165, 1.54) is 0 Å². The van der Waals surface area contributed by atoms with Gasteiger partial charge in [-0.3, -0.25) is 0 Å². The lowest BCUT2D eigenvalue weighted by Crippen LogP contribution is -2.12. The monoisotopic (exact) mass is 307 g/mol. The Morgan fingerprint density at radius 1 is 1.26 bits per heavy atom. The van der Waals surface area contributed by atoms with Crippen molar-refractivity contribution in [1.29, 1.82) is 5.26 Å². The molecule has 4 heteroatoms. The number of para-hydroxylation sites is 1. The molecule has 2 aromatic carbocycles. The van der Waals surface area contributed by atoms with E-state index in [4.69, 9.17) is 12.6 Å². The van der Waals surface area contributed by atoms with Gasteiger partial charge in [-0.2, -0.15) is 5.26 Å². The molecule has 1 heterocycles. The van der Waals surface area contributed by atoms with Gasteiger partial charge in [-0.1, -0.05) is 55.4 Å². The molecule has 114 valence electrons. The summed E-state index contributed by atoms with van der Waals surface area (Å²) in [7, 11) is 0. The highest BCUT2D eigenvalue weighted by Gasteiger charge is 2.17. The first kappa shape index (κ1) is 9.86. The Bertz CT molecular complexity index is 1040. The van der Waals surface area contributed by atoms with Crippen LogP contribution in [0.3, 0.4) is 0 Å². The minimum atomic E-state index is -2.90. The second kappa shape index (κ2) is 6.37. The summed E-state index contributed by atoms with van der Waals surface area (Å²) in [6, 6.07) is 16.1. The molecular weight excluding hydrogens is 284 g/mol. The molecule has 0 aliphatic heterocycles. The highest BCUT2D eigenvalue weighted by molar-refractivity contribution is 5.96. The predicted molar refractivity (Wildman–Crippen MR) is 94.0 cm³/mol. The van der Waals surface area contributed by atoms with Crippen LogP contribution >= 0.6 is 0 Å². The maximum absolute atomic E-state index is 9.59. The summed E-state index contributed by atoms with van der Waals surface area (Å²) in [5.41, 5.74) is 7.18. The van der Waals surface area contributed by atoms with E-state index in [1.807, 2.05) is 6.07 Å². The lowest BCUT2D eigenvalue weighted by Gasteiger charge is -2.21. The summed E-state index contributed by atoms with van der Waals surface area (Å²) in [6.45, 7) is -2.90. The molecule has 1 aromatic heterocycles. The van der Waals surface area contributed by atoms with Gasteiger partial charge in [0.15, 0.2) is 0 Å². The number of pyridine rings is 1. The minimum absolute atomic E-state index is 0.00930. The molecule has 3 rings (SSSR count). The fourth-order valence-electron chi connectivity index (χ4n) is 2.49. The van der Waals surface area contributed by atoms with Crippen molar-refractivity contribution in [2.75, 3.05) is 11.1 Å². The van der Waals surface area contributed by atoms with E-state index in [0.717, 1.165) is 0 Å². The zero-order valence-electron chi connectivity index (χ0n) is 17.2. The van der Waals surface area contributed by atoms with E-state index in [-0.39, 0.29) is 17.1 Å². The topological polar surface area (TPSA) is 74.7 Å². The smallest absolute Gasteiger partial charge is 0.144 e. The second-order valence-corrected chi connectivity index (χ2v) is 5.01. The van der Waals surface area contributed by atoms with E-state index in [2.05, 4.69) is 10.3 Å². The van der Waals surface area contributed by atoms with Gasteiger partial charge in [-0.25, -0.2) is 4.98 Å². The SMILES string of the molecule is [2H]C([2H])([2H])C([2H])([2H])C(Nc1c(C#N)c(N)nc2ccccc12)c1ccccc1. The number of anilines is 2. The molecule has 0 saturated carbocycles. The third-order valence-corrected chi connectivity index (χ3v) is 3.60. The van der Waals surface area contributed by atoms with Crippen LogP contribution in [0.15, 0.2) is 54.6 Å². The van der Waals surface area contributed by atoms with Gasteiger partial charge in [-0.15, -0.1) is 0 Å². The van der Waals surface area contributed by atoms with E-state index in [0.29, 0.717) is 16.5 Å². The minimum Gasteiger partial charge on any atom is -0.383 e. The zero-order chi connectivity index (χ0) is 20.5. The number of aromatic nitrogens is 1. The second-order valence-electron chi connectivity index (χ2n) is 5.01. The molecule has 1 atom stereocenters.